The summed E-state index contributed by atoms with van der Waals surface area (Å²) in [5, 5.41) is 10.9. The van der Waals surface area contributed by atoms with E-state index in [0.717, 1.165) is 21.2 Å². The lowest BCUT2D eigenvalue weighted by Crippen LogP contribution is -2.00. The van der Waals surface area contributed by atoms with Crippen LogP contribution in [0.1, 0.15) is 22.8 Å². The summed E-state index contributed by atoms with van der Waals surface area (Å²) in [6.45, 7) is 2.00. The second-order valence-electron chi connectivity index (χ2n) is 3.98. The van der Waals surface area contributed by atoms with Gasteiger partial charge in [-0.2, -0.15) is 0 Å². The third-order valence-electron chi connectivity index (χ3n) is 2.61. The molecule has 2 aromatic rings. The summed E-state index contributed by atoms with van der Waals surface area (Å²) in [4.78, 5) is 0. The van der Waals surface area contributed by atoms with Crippen molar-refractivity contribution in [2.45, 2.75) is 13.0 Å². The number of hydrogen-bond donors (Lipinski definition) is 1. The molecular weight excluding hydrogens is 300 g/mol. The highest BCUT2D eigenvalue weighted by Crippen LogP contribution is 2.30. The summed E-state index contributed by atoms with van der Waals surface area (Å²) in [6, 6.07) is 13.3. The van der Waals surface area contributed by atoms with Gasteiger partial charge in [0.05, 0.1) is 0 Å². The van der Waals surface area contributed by atoms with Crippen molar-refractivity contribution in [3.8, 4) is 0 Å². The van der Waals surface area contributed by atoms with E-state index in [1.807, 2.05) is 43.3 Å². The van der Waals surface area contributed by atoms with E-state index in [9.17, 15) is 5.11 Å². The molecule has 2 rings (SSSR count). The molecule has 88 valence electrons. The quantitative estimate of drug-likeness (QED) is 0.866. The average molecular weight is 312 g/mol. The molecule has 0 saturated heterocycles. The van der Waals surface area contributed by atoms with Crippen LogP contribution in [0.4, 0.5) is 0 Å². The molecule has 0 aliphatic carbocycles. The lowest BCUT2D eigenvalue weighted by molar-refractivity contribution is 0.220. The number of aryl methyl sites for hydroxylation is 1. The van der Waals surface area contributed by atoms with Crippen LogP contribution in [-0.2, 0) is 0 Å². The Bertz CT molecular complexity index is 539. The first-order chi connectivity index (χ1) is 8.08. The highest BCUT2D eigenvalue weighted by atomic mass is 79.9. The van der Waals surface area contributed by atoms with Gasteiger partial charge in [0.25, 0.3) is 0 Å². The van der Waals surface area contributed by atoms with Crippen molar-refractivity contribution in [2.75, 3.05) is 0 Å². The predicted octanol–water partition coefficient (Wildman–Crippen LogP) is 4.49. The fourth-order valence-corrected chi connectivity index (χ4v) is 2.52. The van der Waals surface area contributed by atoms with Crippen molar-refractivity contribution in [3.63, 3.8) is 0 Å². The Morgan fingerprint density at radius 1 is 1.18 bits per heavy atom. The third kappa shape index (κ3) is 2.89. The number of halogens is 2. The first-order valence-electron chi connectivity index (χ1n) is 5.27. The highest BCUT2D eigenvalue weighted by molar-refractivity contribution is 9.10. The Labute approximate surface area is 114 Å². The minimum absolute atomic E-state index is 0.563. The van der Waals surface area contributed by atoms with E-state index < -0.39 is 6.10 Å². The molecule has 3 heteroatoms. The van der Waals surface area contributed by atoms with E-state index in [1.165, 1.54) is 0 Å². The predicted molar refractivity (Wildman–Crippen MR) is 74.4 cm³/mol. The summed E-state index contributed by atoms with van der Waals surface area (Å²) in [7, 11) is 0. The molecule has 0 saturated carbocycles. The fraction of sp³-hybridized carbons (Fsp3) is 0.143. The van der Waals surface area contributed by atoms with E-state index in [4.69, 9.17) is 11.6 Å². The lowest BCUT2D eigenvalue weighted by atomic mass is 10.00. The second-order valence-corrected chi connectivity index (χ2v) is 5.31. The number of hydrogen-bond acceptors (Lipinski definition) is 1. The van der Waals surface area contributed by atoms with E-state index in [-0.39, 0.29) is 0 Å². The molecule has 0 aliphatic rings. The maximum atomic E-state index is 10.3. The van der Waals surface area contributed by atoms with Gasteiger partial charge in [-0.3, -0.25) is 0 Å². The Balaban J connectivity index is 2.40. The number of rotatable bonds is 2. The number of benzene rings is 2. The molecule has 1 atom stereocenters. The van der Waals surface area contributed by atoms with Gasteiger partial charge in [-0.25, -0.2) is 0 Å². The van der Waals surface area contributed by atoms with Gasteiger partial charge in [-0.15, -0.1) is 0 Å². The van der Waals surface area contributed by atoms with E-state index in [0.29, 0.717) is 5.02 Å². The van der Waals surface area contributed by atoms with Crippen LogP contribution in [0.2, 0.25) is 5.02 Å². The van der Waals surface area contributed by atoms with Crippen LogP contribution in [0.3, 0.4) is 0 Å². The molecule has 0 radical (unpaired) electrons. The summed E-state index contributed by atoms with van der Waals surface area (Å²) in [5.74, 6) is 0. The topological polar surface area (TPSA) is 20.2 Å². The first kappa shape index (κ1) is 12.6. The zero-order chi connectivity index (χ0) is 12.4. The average Bonchev–Trinajstić information content (AvgIpc) is 2.28. The molecule has 0 aliphatic heterocycles. The van der Waals surface area contributed by atoms with Crippen LogP contribution in [-0.4, -0.2) is 5.11 Å². The number of aliphatic hydroxyl groups is 1. The van der Waals surface area contributed by atoms with Crippen molar-refractivity contribution >= 4 is 27.5 Å². The Hall–Kier alpha value is -0.830. The van der Waals surface area contributed by atoms with Crippen molar-refractivity contribution in [3.05, 3.63) is 68.7 Å². The molecule has 2 aromatic carbocycles. The van der Waals surface area contributed by atoms with Gasteiger partial charge in [0, 0.05) is 15.1 Å². The zero-order valence-corrected chi connectivity index (χ0v) is 11.7. The molecule has 0 fully saturated rings. The van der Waals surface area contributed by atoms with E-state index in [1.54, 1.807) is 6.07 Å². The fourth-order valence-electron chi connectivity index (χ4n) is 1.74. The molecule has 1 unspecified atom stereocenters. The molecule has 0 spiro atoms. The Kier molecular flexibility index (Phi) is 3.87. The SMILES string of the molecule is Cc1cccc(C(O)c2ccc(Br)cc2Cl)c1. The molecular formula is C14H12BrClO. The van der Waals surface area contributed by atoms with Gasteiger partial charge < -0.3 is 5.11 Å². The Morgan fingerprint density at radius 3 is 2.59 bits per heavy atom. The highest BCUT2D eigenvalue weighted by Gasteiger charge is 2.13. The summed E-state index contributed by atoms with van der Waals surface area (Å²) >= 11 is 9.47. The van der Waals surface area contributed by atoms with Crippen LogP contribution in [0.25, 0.3) is 0 Å². The lowest BCUT2D eigenvalue weighted by Gasteiger charge is -2.14. The largest absolute Gasteiger partial charge is 0.384 e. The standard InChI is InChI=1S/C14H12BrClO/c1-9-3-2-4-10(7-9)14(17)12-6-5-11(15)8-13(12)16/h2-8,14,17H,1H3. The normalized spacial score (nSPS) is 12.5. The van der Waals surface area contributed by atoms with Crippen molar-refractivity contribution in [2.24, 2.45) is 0 Å². The minimum Gasteiger partial charge on any atom is -0.384 e. The first-order valence-corrected chi connectivity index (χ1v) is 6.44. The van der Waals surface area contributed by atoms with Gasteiger partial charge in [0.2, 0.25) is 0 Å². The van der Waals surface area contributed by atoms with E-state index in [2.05, 4.69) is 15.9 Å². The van der Waals surface area contributed by atoms with Gasteiger partial charge in [-0.1, -0.05) is 63.4 Å². The van der Waals surface area contributed by atoms with Crippen molar-refractivity contribution in [1.82, 2.24) is 0 Å². The molecule has 1 nitrogen and oxygen atoms in total. The van der Waals surface area contributed by atoms with Crippen LogP contribution in [0, 0.1) is 6.92 Å². The smallest absolute Gasteiger partial charge is 0.105 e. The zero-order valence-electron chi connectivity index (χ0n) is 9.32. The molecule has 0 aromatic heterocycles. The van der Waals surface area contributed by atoms with Crippen LogP contribution < -0.4 is 0 Å². The van der Waals surface area contributed by atoms with Crippen LogP contribution in [0.15, 0.2) is 46.9 Å². The summed E-state index contributed by atoms with van der Waals surface area (Å²) in [5.41, 5.74) is 2.70. The molecule has 17 heavy (non-hydrogen) atoms. The van der Waals surface area contributed by atoms with Gasteiger partial charge in [0.15, 0.2) is 0 Å². The maximum Gasteiger partial charge on any atom is 0.105 e. The summed E-state index contributed by atoms with van der Waals surface area (Å²) < 4.78 is 0.905. The summed E-state index contributed by atoms with van der Waals surface area (Å²) in [6.07, 6.45) is -0.685. The monoisotopic (exact) mass is 310 g/mol. The number of aliphatic hydroxyl groups excluding tert-OH is 1. The maximum absolute atomic E-state index is 10.3. The molecule has 0 amide bonds. The van der Waals surface area contributed by atoms with Gasteiger partial charge in [0.1, 0.15) is 6.10 Å². The van der Waals surface area contributed by atoms with Crippen LogP contribution in [0.5, 0.6) is 0 Å². The molecule has 1 N–H and O–H groups in total. The third-order valence-corrected chi connectivity index (χ3v) is 3.44. The van der Waals surface area contributed by atoms with Crippen molar-refractivity contribution in [1.29, 1.82) is 0 Å². The van der Waals surface area contributed by atoms with Gasteiger partial charge in [-0.05, 0) is 24.6 Å². The van der Waals surface area contributed by atoms with Gasteiger partial charge >= 0.3 is 0 Å². The minimum atomic E-state index is -0.685. The van der Waals surface area contributed by atoms with Crippen molar-refractivity contribution < 1.29 is 5.11 Å². The molecule has 0 bridgehead atoms. The van der Waals surface area contributed by atoms with E-state index >= 15 is 0 Å². The second kappa shape index (κ2) is 5.21. The molecule has 0 heterocycles. The van der Waals surface area contributed by atoms with Crippen LogP contribution >= 0.6 is 27.5 Å². The Morgan fingerprint density at radius 2 is 1.94 bits per heavy atom.